The predicted octanol–water partition coefficient (Wildman–Crippen LogP) is 3.22. The van der Waals surface area contributed by atoms with Crippen molar-refractivity contribution >= 4 is 17.5 Å². The van der Waals surface area contributed by atoms with Gasteiger partial charge in [0.2, 0.25) is 5.91 Å². The number of carbonyl (C=O) groups excluding carboxylic acids is 2. The number of nitrogens with zero attached hydrogens (tertiary/aromatic N) is 1. The molecule has 0 bridgehead atoms. The van der Waals surface area contributed by atoms with Crippen molar-refractivity contribution in [3.8, 4) is 6.07 Å². The van der Waals surface area contributed by atoms with E-state index in [0.29, 0.717) is 17.2 Å². The molecule has 2 unspecified atom stereocenters. The van der Waals surface area contributed by atoms with E-state index in [4.69, 9.17) is 5.26 Å². The molecule has 26 heavy (non-hydrogen) atoms. The maximum atomic E-state index is 13.6. The highest BCUT2D eigenvalue weighted by atomic mass is 19.1. The van der Waals surface area contributed by atoms with Crippen molar-refractivity contribution in [1.82, 2.24) is 5.32 Å². The molecule has 0 aliphatic heterocycles. The van der Waals surface area contributed by atoms with Crippen LogP contribution in [0.25, 0.3) is 0 Å². The summed E-state index contributed by atoms with van der Waals surface area (Å²) in [4.78, 5) is 24.6. The van der Waals surface area contributed by atoms with E-state index in [2.05, 4.69) is 10.6 Å². The van der Waals surface area contributed by atoms with Gasteiger partial charge in [-0.2, -0.15) is 5.26 Å². The van der Waals surface area contributed by atoms with Crippen molar-refractivity contribution in [1.29, 1.82) is 5.26 Å². The third-order valence-corrected chi connectivity index (χ3v) is 4.47. The number of anilines is 1. The molecular formula is C20H18FN3O2. The third kappa shape index (κ3) is 4.06. The van der Waals surface area contributed by atoms with Crippen LogP contribution in [0.1, 0.15) is 34.8 Å². The summed E-state index contributed by atoms with van der Waals surface area (Å²) in [6, 6.07) is 12.5. The molecular weight excluding hydrogens is 333 g/mol. The Hall–Kier alpha value is -3.20. The van der Waals surface area contributed by atoms with Crippen LogP contribution in [0.2, 0.25) is 0 Å². The lowest BCUT2D eigenvalue weighted by Crippen LogP contribution is -2.25. The molecule has 6 heteroatoms. The number of benzene rings is 2. The number of amides is 2. The van der Waals surface area contributed by atoms with E-state index in [-0.39, 0.29) is 23.9 Å². The number of hydrogen-bond donors (Lipinski definition) is 2. The van der Waals surface area contributed by atoms with Crippen molar-refractivity contribution in [3.05, 3.63) is 65.0 Å². The van der Waals surface area contributed by atoms with Gasteiger partial charge in [-0.25, -0.2) is 4.39 Å². The minimum absolute atomic E-state index is 0.0467. The van der Waals surface area contributed by atoms with Crippen LogP contribution in [0, 0.1) is 29.0 Å². The highest BCUT2D eigenvalue weighted by Gasteiger charge is 2.39. The molecule has 1 aliphatic carbocycles. The van der Waals surface area contributed by atoms with Gasteiger partial charge in [-0.15, -0.1) is 0 Å². The van der Waals surface area contributed by atoms with Crippen LogP contribution in [0.15, 0.2) is 42.5 Å². The monoisotopic (exact) mass is 351 g/mol. The number of nitrogens with one attached hydrogen (secondary N) is 2. The predicted molar refractivity (Wildman–Crippen MR) is 94.6 cm³/mol. The van der Waals surface area contributed by atoms with Crippen LogP contribution < -0.4 is 10.6 Å². The van der Waals surface area contributed by atoms with E-state index >= 15 is 0 Å². The molecule has 2 N–H and O–H groups in total. The zero-order chi connectivity index (χ0) is 18.7. The second-order valence-electron chi connectivity index (χ2n) is 6.49. The molecule has 2 amide bonds. The molecule has 1 saturated carbocycles. The maximum Gasteiger partial charge on any atom is 0.253 e. The summed E-state index contributed by atoms with van der Waals surface area (Å²) in [7, 11) is 0. The topological polar surface area (TPSA) is 82.0 Å². The van der Waals surface area contributed by atoms with Crippen molar-refractivity contribution in [3.63, 3.8) is 0 Å². The molecule has 0 aromatic heterocycles. The summed E-state index contributed by atoms with van der Waals surface area (Å²) in [5.74, 6) is -0.886. The lowest BCUT2D eigenvalue weighted by molar-refractivity contribution is -0.117. The molecule has 1 fully saturated rings. The molecule has 0 radical (unpaired) electrons. The van der Waals surface area contributed by atoms with Crippen LogP contribution in [0.5, 0.6) is 0 Å². The number of rotatable bonds is 5. The molecule has 2 atom stereocenters. The fourth-order valence-electron chi connectivity index (χ4n) is 2.70. The number of hydrogen-bond acceptors (Lipinski definition) is 3. The Morgan fingerprint density at radius 2 is 1.92 bits per heavy atom. The first-order valence-electron chi connectivity index (χ1n) is 8.35. The zero-order valence-electron chi connectivity index (χ0n) is 14.3. The molecule has 1 aliphatic rings. The zero-order valence-corrected chi connectivity index (χ0v) is 14.3. The molecule has 2 aromatic rings. The van der Waals surface area contributed by atoms with Gasteiger partial charge in [-0.1, -0.05) is 19.1 Å². The standard InChI is InChI=1S/C20H18FN3O2/c1-12-8-16(12)20(26)24-18-7-6-15(21)9-17(18)19(25)23-11-14-4-2-13(10-22)3-5-14/h2-7,9,12,16H,8,11H2,1H3,(H,23,25)(H,24,26). The summed E-state index contributed by atoms with van der Waals surface area (Å²) < 4.78 is 13.6. The molecule has 5 nitrogen and oxygen atoms in total. The number of nitriles is 1. The van der Waals surface area contributed by atoms with Crippen molar-refractivity contribution in [2.24, 2.45) is 11.8 Å². The van der Waals surface area contributed by atoms with Crippen LogP contribution in [-0.2, 0) is 11.3 Å². The maximum absolute atomic E-state index is 13.6. The molecule has 132 valence electrons. The minimum Gasteiger partial charge on any atom is -0.348 e. The van der Waals surface area contributed by atoms with Crippen molar-refractivity contribution in [2.75, 3.05) is 5.32 Å². The summed E-state index contributed by atoms with van der Waals surface area (Å²) in [5.41, 5.74) is 1.73. The van der Waals surface area contributed by atoms with Gasteiger partial charge in [0.15, 0.2) is 0 Å². The van der Waals surface area contributed by atoms with Gasteiger partial charge in [0.1, 0.15) is 5.82 Å². The molecule has 0 heterocycles. The Bertz CT molecular complexity index is 887. The van der Waals surface area contributed by atoms with E-state index in [0.717, 1.165) is 18.1 Å². The van der Waals surface area contributed by atoms with E-state index in [1.54, 1.807) is 24.3 Å². The SMILES string of the molecule is CC1CC1C(=O)Nc1ccc(F)cc1C(=O)NCc1ccc(C#N)cc1. The average Bonchev–Trinajstić information content (AvgIpc) is 3.38. The van der Waals surface area contributed by atoms with E-state index in [9.17, 15) is 14.0 Å². The lowest BCUT2D eigenvalue weighted by atomic mass is 10.1. The highest BCUT2D eigenvalue weighted by Crippen LogP contribution is 2.38. The Morgan fingerprint density at radius 3 is 2.54 bits per heavy atom. The van der Waals surface area contributed by atoms with Gasteiger partial charge in [-0.05, 0) is 48.2 Å². The van der Waals surface area contributed by atoms with E-state index in [1.165, 1.54) is 12.1 Å². The van der Waals surface area contributed by atoms with Gasteiger partial charge in [-0.3, -0.25) is 9.59 Å². The molecule has 2 aromatic carbocycles. The third-order valence-electron chi connectivity index (χ3n) is 4.47. The van der Waals surface area contributed by atoms with Gasteiger partial charge in [0.05, 0.1) is 22.9 Å². The summed E-state index contributed by atoms with van der Waals surface area (Å²) >= 11 is 0. The van der Waals surface area contributed by atoms with Crippen molar-refractivity contribution in [2.45, 2.75) is 19.9 Å². The quantitative estimate of drug-likeness (QED) is 0.868. The molecule has 0 spiro atoms. The van der Waals surface area contributed by atoms with Gasteiger partial charge in [0.25, 0.3) is 5.91 Å². The van der Waals surface area contributed by atoms with Crippen LogP contribution in [0.4, 0.5) is 10.1 Å². The fourth-order valence-corrected chi connectivity index (χ4v) is 2.70. The Kier molecular flexibility index (Phi) is 4.99. The Morgan fingerprint density at radius 1 is 1.23 bits per heavy atom. The first-order chi connectivity index (χ1) is 12.5. The van der Waals surface area contributed by atoms with E-state index < -0.39 is 11.7 Å². The van der Waals surface area contributed by atoms with Crippen LogP contribution in [-0.4, -0.2) is 11.8 Å². The molecule has 0 saturated heterocycles. The van der Waals surface area contributed by atoms with Crippen LogP contribution >= 0.6 is 0 Å². The first kappa shape index (κ1) is 17.6. The highest BCUT2D eigenvalue weighted by molar-refractivity contribution is 6.04. The fraction of sp³-hybridized carbons (Fsp3) is 0.250. The van der Waals surface area contributed by atoms with Crippen LogP contribution in [0.3, 0.4) is 0 Å². The molecule has 3 rings (SSSR count). The average molecular weight is 351 g/mol. The number of carbonyl (C=O) groups is 2. The van der Waals surface area contributed by atoms with Gasteiger partial charge >= 0.3 is 0 Å². The summed E-state index contributed by atoms with van der Waals surface area (Å²) in [6.07, 6.45) is 0.827. The second kappa shape index (κ2) is 7.36. The Balaban J connectivity index is 1.70. The van der Waals surface area contributed by atoms with Gasteiger partial charge < -0.3 is 10.6 Å². The normalized spacial score (nSPS) is 17.9. The largest absolute Gasteiger partial charge is 0.348 e. The second-order valence-corrected chi connectivity index (χ2v) is 6.49. The summed E-state index contributed by atoms with van der Waals surface area (Å²) in [6.45, 7) is 2.22. The number of halogens is 1. The first-order valence-corrected chi connectivity index (χ1v) is 8.35. The lowest BCUT2D eigenvalue weighted by Gasteiger charge is -2.12. The van der Waals surface area contributed by atoms with E-state index in [1.807, 2.05) is 13.0 Å². The van der Waals surface area contributed by atoms with Gasteiger partial charge in [0, 0.05) is 12.5 Å². The Labute approximate surface area is 150 Å². The smallest absolute Gasteiger partial charge is 0.253 e. The van der Waals surface area contributed by atoms with Crippen molar-refractivity contribution < 1.29 is 14.0 Å². The summed E-state index contributed by atoms with van der Waals surface area (Å²) in [5, 5.41) is 14.2. The minimum atomic E-state index is -0.550.